The zero-order valence-electron chi connectivity index (χ0n) is 7.33. The maximum Gasteiger partial charge on any atom is 0.140 e. The van der Waals surface area contributed by atoms with Crippen LogP contribution in [0.25, 0.3) is 0 Å². The quantitative estimate of drug-likeness (QED) is 0.623. The molecule has 1 N–H and O–H groups in total. The van der Waals surface area contributed by atoms with Gasteiger partial charge in [0.05, 0.1) is 0 Å². The molecule has 1 heteroatoms. The van der Waals surface area contributed by atoms with E-state index in [0.29, 0.717) is 0 Å². The molecule has 0 spiro atoms. The van der Waals surface area contributed by atoms with Crippen molar-refractivity contribution in [3.63, 3.8) is 0 Å². The van der Waals surface area contributed by atoms with Gasteiger partial charge < -0.3 is 5.11 Å². The van der Waals surface area contributed by atoms with E-state index in [-0.39, 0.29) is 0 Å². The van der Waals surface area contributed by atoms with Crippen molar-refractivity contribution in [2.75, 3.05) is 0 Å². The standard InChI is InChI=1S/C11H12O/c1-3-6-11(12)10-8-5-4-7-9(10)2/h4-5,7-8,11-12H,1-2H3. The lowest BCUT2D eigenvalue weighted by atomic mass is 10.0. The van der Waals surface area contributed by atoms with Crippen molar-refractivity contribution in [3.05, 3.63) is 35.4 Å². The Morgan fingerprint density at radius 2 is 2.00 bits per heavy atom. The Kier molecular flexibility index (Phi) is 2.90. The monoisotopic (exact) mass is 160 g/mol. The minimum Gasteiger partial charge on any atom is -0.376 e. The maximum atomic E-state index is 9.53. The van der Waals surface area contributed by atoms with Gasteiger partial charge in [-0.25, -0.2) is 0 Å². The third kappa shape index (κ3) is 1.87. The molecule has 0 aliphatic carbocycles. The van der Waals surface area contributed by atoms with Crippen molar-refractivity contribution in [1.29, 1.82) is 0 Å². The first kappa shape index (κ1) is 8.83. The Balaban J connectivity index is 2.99. The van der Waals surface area contributed by atoms with Crippen molar-refractivity contribution < 1.29 is 5.11 Å². The van der Waals surface area contributed by atoms with Gasteiger partial charge in [-0.1, -0.05) is 30.2 Å². The second-order valence-electron chi connectivity index (χ2n) is 2.65. The van der Waals surface area contributed by atoms with Gasteiger partial charge in [-0.3, -0.25) is 0 Å². The van der Waals surface area contributed by atoms with E-state index in [1.165, 1.54) is 0 Å². The van der Waals surface area contributed by atoms with Crippen LogP contribution in [0.1, 0.15) is 24.2 Å². The molecule has 0 fully saturated rings. The van der Waals surface area contributed by atoms with Crippen LogP contribution in [0.4, 0.5) is 0 Å². The topological polar surface area (TPSA) is 20.2 Å². The van der Waals surface area contributed by atoms with Crippen LogP contribution >= 0.6 is 0 Å². The molecule has 1 unspecified atom stereocenters. The summed E-state index contributed by atoms with van der Waals surface area (Å²) in [7, 11) is 0. The normalized spacial score (nSPS) is 11.6. The number of aryl methyl sites for hydroxylation is 1. The lowest BCUT2D eigenvalue weighted by molar-refractivity contribution is 0.237. The van der Waals surface area contributed by atoms with Gasteiger partial charge in [0.25, 0.3) is 0 Å². The molecule has 0 saturated heterocycles. The molecule has 1 aromatic rings. The molecule has 0 bridgehead atoms. The van der Waals surface area contributed by atoms with E-state index < -0.39 is 6.10 Å². The molecule has 0 aliphatic heterocycles. The van der Waals surface area contributed by atoms with E-state index in [1.807, 2.05) is 31.2 Å². The molecule has 1 aromatic carbocycles. The highest BCUT2D eigenvalue weighted by atomic mass is 16.3. The SMILES string of the molecule is CC#CC(O)c1ccccc1C. The van der Waals surface area contributed by atoms with Crippen LogP contribution in [-0.2, 0) is 0 Å². The van der Waals surface area contributed by atoms with Crippen LogP contribution in [0, 0.1) is 18.8 Å². The van der Waals surface area contributed by atoms with Gasteiger partial charge in [-0.2, -0.15) is 0 Å². The predicted molar refractivity (Wildman–Crippen MR) is 49.6 cm³/mol. The van der Waals surface area contributed by atoms with Gasteiger partial charge in [0.15, 0.2) is 0 Å². The van der Waals surface area contributed by atoms with E-state index in [2.05, 4.69) is 11.8 Å². The van der Waals surface area contributed by atoms with Crippen molar-refractivity contribution in [1.82, 2.24) is 0 Å². The molecule has 0 saturated carbocycles. The highest BCUT2D eigenvalue weighted by Gasteiger charge is 2.04. The number of hydrogen-bond donors (Lipinski definition) is 1. The zero-order valence-corrected chi connectivity index (χ0v) is 7.33. The Labute approximate surface area is 73.0 Å². The molecule has 0 aliphatic rings. The summed E-state index contributed by atoms with van der Waals surface area (Å²) < 4.78 is 0. The first-order valence-electron chi connectivity index (χ1n) is 3.91. The highest BCUT2D eigenvalue weighted by Crippen LogP contribution is 2.15. The third-order valence-electron chi connectivity index (χ3n) is 1.76. The molecule has 62 valence electrons. The Morgan fingerprint density at radius 1 is 1.33 bits per heavy atom. The molecule has 1 rings (SSSR count). The van der Waals surface area contributed by atoms with Crippen LogP contribution in [0.15, 0.2) is 24.3 Å². The fraction of sp³-hybridized carbons (Fsp3) is 0.273. The molecule has 12 heavy (non-hydrogen) atoms. The van der Waals surface area contributed by atoms with Gasteiger partial charge in [0.1, 0.15) is 6.10 Å². The summed E-state index contributed by atoms with van der Waals surface area (Å²) >= 11 is 0. The van der Waals surface area contributed by atoms with E-state index in [4.69, 9.17) is 0 Å². The van der Waals surface area contributed by atoms with E-state index in [1.54, 1.807) is 6.92 Å². The number of aliphatic hydroxyl groups is 1. The lowest BCUT2D eigenvalue weighted by Crippen LogP contribution is -1.95. The number of hydrogen-bond acceptors (Lipinski definition) is 1. The van der Waals surface area contributed by atoms with Crippen molar-refractivity contribution >= 4 is 0 Å². The van der Waals surface area contributed by atoms with Crippen LogP contribution in [0.3, 0.4) is 0 Å². The van der Waals surface area contributed by atoms with Crippen LogP contribution < -0.4 is 0 Å². The second kappa shape index (κ2) is 3.94. The fourth-order valence-corrected chi connectivity index (χ4v) is 1.11. The summed E-state index contributed by atoms with van der Waals surface area (Å²) in [6.07, 6.45) is -0.642. The van der Waals surface area contributed by atoms with E-state index in [0.717, 1.165) is 11.1 Å². The molecule has 0 radical (unpaired) electrons. The average molecular weight is 160 g/mol. The number of aliphatic hydroxyl groups excluding tert-OH is 1. The minimum atomic E-state index is -0.642. The van der Waals surface area contributed by atoms with Gasteiger partial charge in [0, 0.05) is 0 Å². The smallest absolute Gasteiger partial charge is 0.140 e. The Hall–Kier alpha value is -1.26. The highest BCUT2D eigenvalue weighted by molar-refractivity contribution is 5.32. The van der Waals surface area contributed by atoms with Crippen LogP contribution in [0.2, 0.25) is 0 Å². The molecular weight excluding hydrogens is 148 g/mol. The molecule has 1 nitrogen and oxygen atoms in total. The van der Waals surface area contributed by atoms with E-state index >= 15 is 0 Å². The van der Waals surface area contributed by atoms with Gasteiger partial charge in [0.2, 0.25) is 0 Å². The fourth-order valence-electron chi connectivity index (χ4n) is 1.11. The van der Waals surface area contributed by atoms with Crippen molar-refractivity contribution in [3.8, 4) is 11.8 Å². The summed E-state index contributed by atoms with van der Waals surface area (Å²) in [5.41, 5.74) is 1.97. The first-order valence-corrected chi connectivity index (χ1v) is 3.91. The summed E-state index contributed by atoms with van der Waals surface area (Å²) in [5.74, 6) is 5.40. The van der Waals surface area contributed by atoms with Crippen molar-refractivity contribution in [2.24, 2.45) is 0 Å². The second-order valence-corrected chi connectivity index (χ2v) is 2.65. The lowest BCUT2D eigenvalue weighted by Gasteiger charge is -2.06. The van der Waals surface area contributed by atoms with Gasteiger partial charge >= 0.3 is 0 Å². The predicted octanol–water partition coefficient (Wildman–Crippen LogP) is 2.05. The summed E-state index contributed by atoms with van der Waals surface area (Å²) in [5, 5.41) is 9.53. The molecule has 0 amide bonds. The van der Waals surface area contributed by atoms with Crippen molar-refractivity contribution in [2.45, 2.75) is 20.0 Å². The molecular formula is C11H12O. The molecule has 0 heterocycles. The number of rotatable bonds is 1. The van der Waals surface area contributed by atoms with Crippen LogP contribution in [-0.4, -0.2) is 5.11 Å². The molecule has 1 atom stereocenters. The Bertz CT molecular complexity index is 317. The average Bonchev–Trinajstić information content (AvgIpc) is 2.05. The largest absolute Gasteiger partial charge is 0.376 e. The zero-order chi connectivity index (χ0) is 8.97. The van der Waals surface area contributed by atoms with E-state index in [9.17, 15) is 5.11 Å². The van der Waals surface area contributed by atoms with Gasteiger partial charge in [-0.05, 0) is 25.0 Å². The minimum absolute atomic E-state index is 0.642. The summed E-state index contributed by atoms with van der Waals surface area (Å²) in [4.78, 5) is 0. The first-order chi connectivity index (χ1) is 5.75. The maximum absolute atomic E-state index is 9.53. The summed E-state index contributed by atoms with van der Waals surface area (Å²) in [6.45, 7) is 3.69. The summed E-state index contributed by atoms with van der Waals surface area (Å²) in [6, 6.07) is 7.72. The van der Waals surface area contributed by atoms with Crippen LogP contribution in [0.5, 0.6) is 0 Å². The van der Waals surface area contributed by atoms with Gasteiger partial charge in [-0.15, -0.1) is 5.92 Å². The Morgan fingerprint density at radius 3 is 2.58 bits per heavy atom. The number of benzene rings is 1. The molecule has 0 aromatic heterocycles. The third-order valence-corrected chi connectivity index (χ3v) is 1.76.